The Labute approximate surface area is 128 Å². The second kappa shape index (κ2) is 7.17. The Kier molecular flexibility index (Phi) is 5.03. The Morgan fingerprint density at radius 1 is 1.23 bits per heavy atom. The van der Waals surface area contributed by atoms with Crippen molar-refractivity contribution in [2.45, 2.75) is 13.5 Å². The van der Waals surface area contributed by atoms with Gasteiger partial charge >= 0.3 is 0 Å². The van der Waals surface area contributed by atoms with Crippen molar-refractivity contribution in [3.63, 3.8) is 0 Å². The number of carbonyl (C=O) groups is 1. The quantitative estimate of drug-likeness (QED) is 0.523. The van der Waals surface area contributed by atoms with Gasteiger partial charge in [0.05, 0.1) is 4.92 Å². The van der Waals surface area contributed by atoms with Gasteiger partial charge in [0.2, 0.25) is 5.91 Å². The number of carbonyl (C=O) groups excluding carboxylic acids is 1. The lowest BCUT2D eigenvalue weighted by Crippen LogP contribution is -2.20. The molecule has 0 aliphatic carbocycles. The first-order valence-corrected chi connectivity index (χ1v) is 6.80. The monoisotopic (exact) mass is 296 g/mol. The molecule has 2 aromatic carbocycles. The van der Waals surface area contributed by atoms with Gasteiger partial charge in [-0.25, -0.2) is 0 Å². The van der Waals surface area contributed by atoms with Crippen molar-refractivity contribution in [3.05, 3.63) is 81.4 Å². The second-order valence-electron chi connectivity index (χ2n) is 4.89. The zero-order valence-electron chi connectivity index (χ0n) is 12.2. The molecular formula is C17H16N2O3. The number of nitro benzene ring substituents is 1. The summed E-state index contributed by atoms with van der Waals surface area (Å²) in [5.74, 6) is -0.243. The number of nitrogens with zero attached hydrogens (tertiary/aromatic N) is 1. The molecule has 0 heterocycles. The van der Waals surface area contributed by atoms with Gasteiger partial charge in [-0.2, -0.15) is 0 Å². The van der Waals surface area contributed by atoms with Crippen molar-refractivity contribution in [3.8, 4) is 0 Å². The van der Waals surface area contributed by atoms with Gasteiger partial charge in [-0.15, -0.1) is 0 Å². The molecule has 0 saturated carbocycles. The van der Waals surface area contributed by atoms with Crippen molar-refractivity contribution in [1.29, 1.82) is 0 Å². The van der Waals surface area contributed by atoms with Gasteiger partial charge in [0.1, 0.15) is 0 Å². The van der Waals surface area contributed by atoms with E-state index in [1.807, 2.05) is 31.2 Å². The standard InChI is InChI=1S/C17H16N2O3/c1-13-4-2-6-15(10-13)12-18-17(20)9-8-14-5-3-7-16(11-14)19(21)22/h2-11H,12H2,1H3,(H,18,20)/b9-8+. The zero-order valence-corrected chi connectivity index (χ0v) is 12.2. The summed E-state index contributed by atoms with van der Waals surface area (Å²) < 4.78 is 0. The molecule has 112 valence electrons. The van der Waals surface area contributed by atoms with E-state index in [0.717, 1.165) is 11.1 Å². The second-order valence-corrected chi connectivity index (χ2v) is 4.89. The molecule has 0 fully saturated rings. The lowest BCUT2D eigenvalue weighted by molar-refractivity contribution is -0.384. The zero-order chi connectivity index (χ0) is 15.9. The molecule has 2 rings (SSSR count). The summed E-state index contributed by atoms with van der Waals surface area (Å²) >= 11 is 0. The van der Waals surface area contributed by atoms with Gasteiger partial charge in [0, 0.05) is 24.8 Å². The molecule has 0 radical (unpaired) electrons. The highest BCUT2D eigenvalue weighted by atomic mass is 16.6. The molecule has 0 spiro atoms. The van der Waals surface area contributed by atoms with E-state index in [4.69, 9.17) is 0 Å². The lowest BCUT2D eigenvalue weighted by atomic mass is 10.1. The highest BCUT2D eigenvalue weighted by molar-refractivity contribution is 5.91. The van der Waals surface area contributed by atoms with E-state index < -0.39 is 4.92 Å². The van der Waals surface area contributed by atoms with Crippen molar-refractivity contribution in [2.75, 3.05) is 0 Å². The maximum absolute atomic E-state index is 11.8. The van der Waals surface area contributed by atoms with Crippen LogP contribution in [0.4, 0.5) is 5.69 Å². The summed E-state index contributed by atoms with van der Waals surface area (Å²) in [5.41, 5.74) is 2.78. The van der Waals surface area contributed by atoms with Crippen LogP contribution in [0.3, 0.4) is 0 Å². The summed E-state index contributed by atoms with van der Waals surface area (Å²) in [4.78, 5) is 22.0. The maximum Gasteiger partial charge on any atom is 0.270 e. The number of hydrogen-bond acceptors (Lipinski definition) is 3. The van der Waals surface area contributed by atoms with Crippen LogP contribution in [-0.4, -0.2) is 10.8 Å². The first-order chi connectivity index (χ1) is 10.5. The van der Waals surface area contributed by atoms with Crippen LogP contribution in [-0.2, 0) is 11.3 Å². The van der Waals surface area contributed by atoms with E-state index in [1.165, 1.54) is 18.2 Å². The third-order valence-corrected chi connectivity index (χ3v) is 3.06. The highest BCUT2D eigenvalue weighted by Gasteiger charge is 2.04. The van der Waals surface area contributed by atoms with Crippen LogP contribution in [0.5, 0.6) is 0 Å². The van der Waals surface area contributed by atoms with Gasteiger partial charge in [-0.1, -0.05) is 42.0 Å². The molecule has 1 amide bonds. The molecule has 0 unspecified atom stereocenters. The summed E-state index contributed by atoms with van der Waals surface area (Å²) in [5, 5.41) is 13.5. The van der Waals surface area contributed by atoms with Crippen LogP contribution in [0.1, 0.15) is 16.7 Å². The fraction of sp³-hybridized carbons (Fsp3) is 0.118. The van der Waals surface area contributed by atoms with Gasteiger partial charge in [0.25, 0.3) is 5.69 Å². The van der Waals surface area contributed by atoms with Gasteiger partial charge in [-0.05, 0) is 24.1 Å². The Morgan fingerprint density at radius 3 is 2.73 bits per heavy atom. The number of aryl methyl sites for hydroxylation is 1. The predicted octanol–water partition coefficient (Wildman–Crippen LogP) is 3.23. The van der Waals surface area contributed by atoms with Crippen molar-refractivity contribution in [1.82, 2.24) is 5.32 Å². The highest BCUT2D eigenvalue weighted by Crippen LogP contribution is 2.14. The third kappa shape index (κ3) is 4.56. The maximum atomic E-state index is 11.8. The number of amides is 1. The molecule has 5 heteroatoms. The molecule has 0 aliphatic heterocycles. The molecule has 0 saturated heterocycles. The molecule has 0 aliphatic rings. The molecule has 22 heavy (non-hydrogen) atoms. The molecule has 0 aromatic heterocycles. The fourth-order valence-electron chi connectivity index (χ4n) is 1.98. The van der Waals surface area contributed by atoms with Crippen LogP contribution in [0.2, 0.25) is 0 Å². The van der Waals surface area contributed by atoms with Crippen molar-refractivity contribution < 1.29 is 9.72 Å². The van der Waals surface area contributed by atoms with Crippen LogP contribution < -0.4 is 5.32 Å². The number of nitrogens with one attached hydrogen (secondary N) is 1. The first-order valence-electron chi connectivity index (χ1n) is 6.80. The van der Waals surface area contributed by atoms with Crippen molar-refractivity contribution in [2.24, 2.45) is 0 Å². The minimum atomic E-state index is -0.463. The SMILES string of the molecule is Cc1cccc(CNC(=O)/C=C/c2cccc([N+](=O)[O-])c2)c1. The third-order valence-electron chi connectivity index (χ3n) is 3.06. The van der Waals surface area contributed by atoms with Crippen LogP contribution >= 0.6 is 0 Å². The summed E-state index contributed by atoms with van der Waals surface area (Å²) in [6.07, 6.45) is 2.92. The summed E-state index contributed by atoms with van der Waals surface area (Å²) in [7, 11) is 0. The van der Waals surface area contributed by atoms with E-state index in [0.29, 0.717) is 12.1 Å². The van der Waals surface area contributed by atoms with E-state index in [2.05, 4.69) is 5.32 Å². The molecule has 2 aromatic rings. The number of hydrogen-bond donors (Lipinski definition) is 1. The number of non-ortho nitro benzene ring substituents is 1. The molecule has 5 nitrogen and oxygen atoms in total. The first kappa shape index (κ1) is 15.4. The summed E-state index contributed by atoms with van der Waals surface area (Å²) in [6, 6.07) is 14.0. The molecular weight excluding hydrogens is 280 g/mol. The van der Waals surface area contributed by atoms with Crippen molar-refractivity contribution >= 4 is 17.7 Å². The van der Waals surface area contributed by atoms with E-state index in [1.54, 1.807) is 18.2 Å². The Bertz CT molecular complexity index is 723. The normalized spacial score (nSPS) is 10.6. The minimum Gasteiger partial charge on any atom is -0.348 e. The Morgan fingerprint density at radius 2 is 2.00 bits per heavy atom. The molecule has 1 N–H and O–H groups in total. The van der Waals surface area contributed by atoms with E-state index in [9.17, 15) is 14.9 Å². The smallest absolute Gasteiger partial charge is 0.270 e. The lowest BCUT2D eigenvalue weighted by Gasteiger charge is -2.03. The molecule has 0 bridgehead atoms. The van der Waals surface area contributed by atoms with E-state index >= 15 is 0 Å². The van der Waals surface area contributed by atoms with E-state index in [-0.39, 0.29) is 11.6 Å². The average molecular weight is 296 g/mol. The van der Waals surface area contributed by atoms with Crippen LogP contribution in [0.15, 0.2) is 54.6 Å². The minimum absolute atomic E-state index is 0.00215. The number of rotatable bonds is 5. The Hall–Kier alpha value is -2.95. The van der Waals surface area contributed by atoms with Gasteiger partial charge in [-0.3, -0.25) is 14.9 Å². The predicted molar refractivity (Wildman–Crippen MR) is 85.2 cm³/mol. The average Bonchev–Trinajstić information content (AvgIpc) is 2.51. The molecule has 0 atom stereocenters. The van der Waals surface area contributed by atoms with Gasteiger partial charge in [0.15, 0.2) is 0 Å². The van der Waals surface area contributed by atoms with Crippen LogP contribution in [0, 0.1) is 17.0 Å². The van der Waals surface area contributed by atoms with Gasteiger partial charge < -0.3 is 5.32 Å². The fourth-order valence-corrected chi connectivity index (χ4v) is 1.98. The number of nitro groups is 1. The topological polar surface area (TPSA) is 72.2 Å². The Balaban J connectivity index is 1.94. The number of benzene rings is 2. The largest absolute Gasteiger partial charge is 0.348 e. The van der Waals surface area contributed by atoms with Crippen LogP contribution in [0.25, 0.3) is 6.08 Å². The summed E-state index contributed by atoms with van der Waals surface area (Å²) in [6.45, 7) is 2.44.